The lowest BCUT2D eigenvalue weighted by atomic mass is 9.92. The number of urea groups is 1. The van der Waals surface area contributed by atoms with Gasteiger partial charge in [-0.1, -0.05) is 12.8 Å². The van der Waals surface area contributed by atoms with Crippen LogP contribution in [0, 0.1) is 5.92 Å². The van der Waals surface area contributed by atoms with E-state index < -0.39 is 11.9 Å². The number of carboxylic acids is 1. The maximum absolute atomic E-state index is 12.4. The van der Waals surface area contributed by atoms with Gasteiger partial charge < -0.3 is 20.1 Å². The molecule has 1 saturated carbocycles. The van der Waals surface area contributed by atoms with Crippen molar-refractivity contribution in [3.05, 3.63) is 0 Å². The van der Waals surface area contributed by atoms with Crippen molar-refractivity contribution in [2.24, 2.45) is 5.92 Å². The van der Waals surface area contributed by atoms with Crippen molar-refractivity contribution in [3.63, 3.8) is 0 Å². The molecule has 3 atom stereocenters. The van der Waals surface area contributed by atoms with Crippen LogP contribution in [0.1, 0.15) is 45.4 Å². The molecular weight excluding hydrogens is 272 g/mol. The van der Waals surface area contributed by atoms with Gasteiger partial charge in [0.2, 0.25) is 0 Å². The third-order valence-corrected chi connectivity index (χ3v) is 4.45. The first-order chi connectivity index (χ1) is 10.1. The van der Waals surface area contributed by atoms with Crippen LogP contribution in [0.5, 0.6) is 0 Å². The van der Waals surface area contributed by atoms with Crippen LogP contribution >= 0.6 is 0 Å². The molecule has 2 amide bonds. The molecule has 0 bridgehead atoms. The highest BCUT2D eigenvalue weighted by molar-refractivity contribution is 5.76. The number of piperidine rings is 1. The summed E-state index contributed by atoms with van der Waals surface area (Å²) in [6.07, 6.45) is 5.67. The van der Waals surface area contributed by atoms with Crippen molar-refractivity contribution >= 4 is 12.0 Å². The van der Waals surface area contributed by atoms with Crippen LogP contribution in [0.25, 0.3) is 0 Å². The van der Waals surface area contributed by atoms with E-state index in [0.717, 1.165) is 32.1 Å². The highest BCUT2D eigenvalue weighted by Crippen LogP contribution is 2.22. The molecule has 2 rings (SSSR count). The SMILES string of the molecule is CCO[C@@H]1CCCC[C@H]1NC(=O)N1CCCC(C(=O)O)C1. The number of hydrogen-bond acceptors (Lipinski definition) is 3. The molecular formula is C15H26N2O4. The Morgan fingerprint density at radius 2 is 2.00 bits per heavy atom. The third-order valence-electron chi connectivity index (χ3n) is 4.45. The van der Waals surface area contributed by atoms with E-state index in [9.17, 15) is 9.59 Å². The van der Waals surface area contributed by atoms with Gasteiger partial charge in [0.25, 0.3) is 0 Å². The summed E-state index contributed by atoms with van der Waals surface area (Å²) in [5.41, 5.74) is 0. The molecule has 2 aliphatic rings. The van der Waals surface area contributed by atoms with Gasteiger partial charge in [-0.3, -0.25) is 4.79 Å². The average Bonchev–Trinajstić information content (AvgIpc) is 2.49. The molecule has 2 N–H and O–H groups in total. The maximum Gasteiger partial charge on any atom is 0.317 e. The van der Waals surface area contributed by atoms with Crippen molar-refractivity contribution in [3.8, 4) is 0 Å². The van der Waals surface area contributed by atoms with E-state index in [0.29, 0.717) is 26.1 Å². The molecule has 120 valence electrons. The average molecular weight is 298 g/mol. The molecule has 1 unspecified atom stereocenters. The lowest BCUT2D eigenvalue weighted by Crippen LogP contribution is -2.53. The fourth-order valence-electron chi connectivity index (χ4n) is 3.29. The largest absolute Gasteiger partial charge is 0.481 e. The van der Waals surface area contributed by atoms with Crippen LogP contribution in [-0.4, -0.2) is 53.8 Å². The number of aliphatic carboxylic acids is 1. The second-order valence-electron chi connectivity index (χ2n) is 5.96. The van der Waals surface area contributed by atoms with Gasteiger partial charge in [-0.2, -0.15) is 0 Å². The van der Waals surface area contributed by atoms with Crippen LogP contribution in [0.2, 0.25) is 0 Å². The Bertz CT molecular complexity index is 373. The predicted octanol–water partition coefficient (Wildman–Crippen LogP) is 1.84. The Labute approximate surface area is 125 Å². The topological polar surface area (TPSA) is 78.9 Å². The first-order valence-electron chi connectivity index (χ1n) is 8.01. The van der Waals surface area contributed by atoms with Gasteiger partial charge >= 0.3 is 12.0 Å². The molecule has 0 aromatic heterocycles. The monoisotopic (exact) mass is 298 g/mol. The van der Waals surface area contributed by atoms with Gasteiger partial charge in [0.05, 0.1) is 18.1 Å². The zero-order valence-corrected chi connectivity index (χ0v) is 12.7. The van der Waals surface area contributed by atoms with Crippen LogP contribution in [-0.2, 0) is 9.53 Å². The molecule has 6 heteroatoms. The minimum absolute atomic E-state index is 0.0522. The third kappa shape index (κ3) is 4.33. The standard InChI is InChI=1S/C15H26N2O4/c1-2-21-13-8-4-3-7-12(13)16-15(20)17-9-5-6-11(10-17)14(18)19/h11-13H,2-10H2,1H3,(H,16,20)(H,18,19)/t11?,12-,13-/m1/s1. The summed E-state index contributed by atoms with van der Waals surface area (Å²) in [4.78, 5) is 25.1. The van der Waals surface area contributed by atoms with E-state index in [4.69, 9.17) is 9.84 Å². The fraction of sp³-hybridized carbons (Fsp3) is 0.867. The van der Waals surface area contributed by atoms with E-state index in [1.54, 1.807) is 4.90 Å². The normalized spacial score (nSPS) is 30.0. The Morgan fingerprint density at radius 3 is 2.71 bits per heavy atom. The van der Waals surface area contributed by atoms with Crippen LogP contribution in [0.3, 0.4) is 0 Å². The summed E-state index contributed by atoms with van der Waals surface area (Å²) in [5, 5.41) is 12.1. The van der Waals surface area contributed by atoms with Crippen molar-refractivity contribution in [2.75, 3.05) is 19.7 Å². The van der Waals surface area contributed by atoms with E-state index in [1.807, 2.05) is 6.92 Å². The van der Waals surface area contributed by atoms with Gasteiger partial charge in [-0.25, -0.2) is 4.79 Å². The number of amides is 2. The highest BCUT2D eigenvalue weighted by Gasteiger charge is 2.31. The number of nitrogens with one attached hydrogen (secondary N) is 1. The smallest absolute Gasteiger partial charge is 0.317 e. The summed E-state index contributed by atoms with van der Waals surface area (Å²) in [6, 6.07) is -0.0889. The molecule has 2 fully saturated rings. The molecule has 1 aliphatic heterocycles. The minimum atomic E-state index is -0.808. The van der Waals surface area contributed by atoms with E-state index >= 15 is 0 Å². The van der Waals surface area contributed by atoms with E-state index in [1.165, 1.54) is 0 Å². The summed E-state index contributed by atoms with van der Waals surface area (Å²) in [6.45, 7) is 3.58. The molecule has 1 heterocycles. The second kappa shape index (κ2) is 7.64. The zero-order valence-electron chi connectivity index (χ0n) is 12.7. The van der Waals surface area contributed by atoms with Gasteiger partial charge in [-0.05, 0) is 32.6 Å². The first kappa shape index (κ1) is 16.1. The van der Waals surface area contributed by atoms with Gasteiger partial charge in [0.1, 0.15) is 0 Å². The Balaban J connectivity index is 1.88. The number of carbonyl (C=O) groups excluding carboxylic acids is 1. The number of likely N-dealkylation sites (tertiary alicyclic amines) is 1. The number of rotatable bonds is 4. The number of nitrogens with zero attached hydrogens (tertiary/aromatic N) is 1. The Morgan fingerprint density at radius 1 is 1.24 bits per heavy atom. The van der Waals surface area contributed by atoms with Crippen LogP contribution < -0.4 is 5.32 Å². The van der Waals surface area contributed by atoms with Gasteiger partial charge in [0.15, 0.2) is 0 Å². The van der Waals surface area contributed by atoms with Crippen LogP contribution in [0.4, 0.5) is 4.79 Å². The molecule has 1 aliphatic carbocycles. The molecule has 0 aromatic carbocycles. The quantitative estimate of drug-likeness (QED) is 0.830. The van der Waals surface area contributed by atoms with Gasteiger partial charge in [0, 0.05) is 19.7 Å². The van der Waals surface area contributed by atoms with E-state index in [-0.39, 0.29) is 18.2 Å². The van der Waals surface area contributed by atoms with Crippen molar-refractivity contribution in [1.82, 2.24) is 10.2 Å². The van der Waals surface area contributed by atoms with Crippen molar-refractivity contribution < 1.29 is 19.4 Å². The number of carbonyl (C=O) groups is 2. The zero-order chi connectivity index (χ0) is 15.2. The Hall–Kier alpha value is -1.30. The molecule has 1 saturated heterocycles. The summed E-state index contributed by atoms with van der Waals surface area (Å²) in [7, 11) is 0. The van der Waals surface area contributed by atoms with E-state index in [2.05, 4.69) is 5.32 Å². The fourth-order valence-corrected chi connectivity index (χ4v) is 3.29. The lowest BCUT2D eigenvalue weighted by molar-refractivity contribution is -0.143. The lowest BCUT2D eigenvalue weighted by Gasteiger charge is -2.36. The van der Waals surface area contributed by atoms with Gasteiger partial charge in [-0.15, -0.1) is 0 Å². The minimum Gasteiger partial charge on any atom is -0.481 e. The number of ether oxygens (including phenoxy) is 1. The van der Waals surface area contributed by atoms with Crippen LogP contribution in [0.15, 0.2) is 0 Å². The Kier molecular flexibility index (Phi) is 5.85. The molecule has 0 aromatic rings. The summed E-state index contributed by atoms with van der Waals surface area (Å²) in [5.74, 6) is -1.24. The summed E-state index contributed by atoms with van der Waals surface area (Å²) < 4.78 is 5.72. The first-order valence-corrected chi connectivity index (χ1v) is 8.01. The summed E-state index contributed by atoms with van der Waals surface area (Å²) >= 11 is 0. The highest BCUT2D eigenvalue weighted by atomic mass is 16.5. The molecule has 0 radical (unpaired) electrons. The number of carboxylic acid groups (broad SMARTS) is 1. The molecule has 0 spiro atoms. The maximum atomic E-state index is 12.4. The molecule has 6 nitrogen and oxygen atoms in total. The molecule has 21 heavy (non-hydrogen) atoms. The van der Waals surface area contributed by atoms with Crippen molar-refractivity contribution in [1.29, 1.82) is 0 Å². The second-order valence-corrected chi connectivity index (χ2v) is 5.96. The number of hydrogen-bond donors (Lipinski definition) is 2. The van der Waals surface area contributed by atoms with Crippen molar-refractivity contribution in [2.45, 2.75) is 57.6 Å². The predicted molar refractivity (Wildman–Crippen MR) is 78.1 cm³/mol.